The van der Waals surface area contributed by atoms with Crippen LogP contribution in [0.2, 0.25) is 0 Å². The topological polar surface area (TPSA) is 29.5 Å². The van der Waals surface area contributed by atoms with E-state index in [1.165, 1.54) is 33.4 Å². The van der Waals surface area contributed by atoms with E-state index >= 15 is 0 Å². The van der Waals surface area contributed by atoms with Gasteiger partial charge in [0.05, 0.1) is 11.1 Å². The Morgan fingerprint density at radius 3 is 1.60 bits per heavy atom. The van der Waals surface area contributed by atoms with E-state index < -0.39 is 5.41 Å². The minimum absolute atomic E-state index is 0.522. The van der Waals surface area contributed by atoms with Gasteiger partial charge >= 0.3 is 0 Å². The van der Waals surface area contributed by atoms with Gasteiger partial charge in [0, 0.05) is 38.5 Å². The van der Waals surface area contributed by atoms with Crippen LogP contribution in [0, 0.1) is 0 Å². The number of benzene rings is 9. The average Bonchev–Trinajstić information content (AvgIpc) is 3.95. The van der Waals surface area contributed by atoms with Gasteiger partial charge in [0.15, 0.2) is 0 Å². The van der Waals surface area contributed by atoms with Crippen molar-refractivity contribution in [1.29, 1.82) is 0 Å². The van der Waals surface area contributed by atoms with Gasteiger partial charge in [-0.05, 0) is 99.6 Å². The number of para-hydroxylation sites is 2. The van der Waals surface area contributed by atoms with Crippen molar-refractivity contribution in [2.75, 3.05) is 4.90 Å². The van der Waals surface area contributed by atoms with E-state index in [1.807, 2.05) is 24.3 Å². The first kappa shape index (κ1) is 32.6. The first-order valence-electron chi connectivity index (χ1n) is 19.8. The van der Waals surface area contributed by atoms with Gasteiger partial charge < -0.3 is 13.7 Å². The summed E-state index contributed by atoms with van der Waals surface area (Å²) in [7, 11) is 0. The third-order valence-corrected chi connectivity index (χ3v) is 12.1. The molecular weight excluding hydrogens is 707 g/mol. The quantitative estimate of drug-likeness (QED) is 0.170. The zero-order valence-corrected chi connectivity index (χ0v) is 31.5. The molecule has 3 nitrogen and oxygen atoms in total. The Morgan fingerprint density at radius 2 is 0.879 bits per heavy atom. The Hall–Kier alpha value is -7.62. The lowest BCUT2D eigenvalue weighted by atomic mass is 9.68. The van der Waals surface area contributed by atoms with Gasteiger partial charge in [-0.2, -0.15) is 0 Å². The van der Waals surface area contributed by atoms with E-state index in [-0.39, 0.29) is 0 Å². The largest absolute Gasteiger partial charge is 0.456 e. The number of hydrogen-bond acceptors (Lipinski definition) is 3. The molecule has 1 aliphatic rings. The highest BCUT2D eigenvalue weighted by molar-refractivity contribution is 6.08. The van der Waals surface area contributed by atoms with Crippen molar-refractivity contribution >= 4 is 60.9 Å². The van der Waals surface area contributed by atoms with Crippen LogP contribution in [0.5, 0.6) is 0 Å². The van der Waals surface area contributed by atoms with Crippen LogP contribution in [0.3, 0.4) is 0 Å². The molecule has 272 valence electrons. The van der Waals surface area contributed by atoms with Crippen LogP contribution >= 0.6 is 0 Å². The van der Waals surface area contributed by atoms with E-state index in [1.54, 1.807) is 0 Å². The highest BCUT2D eigenvalue weighted by Gasteiger charge is 2.47. The molecule has 58 heavy (non-hydrogen) atoms. The van der Waals surface area contributed by atoms with Crippen LogP contribution in [0.15, 0.2) is 221 Å². The lowest BCUT2D eigenvalue weighted by molar-refractivity contribution is 0.668. The lowest BCUT2D eigenvalue weighted by Gasteiger charge is -2.34. The Balaban J connectivity index is 1.13. The molecule has 0 atom stereocenters. The molecule has 0 amide bonds. The van der Waals surface area contributed by atoms with Gasteiger partial charge in [0.2, 0.25) is 0 Å². The molecule has 3 heteroatoms. The Morgan fingerprint density at radius 1 is 0.345 bits per heavy atom. The Kier molecular flexibility index (Phi) is 7.14. The predicted molar refractivity (Wildman–Crippen MR) is 238 cm³/mol. The summed E-state index contributed by atoms with van der Waals surface area (Å²) in [4.78, 5) is 2.44. The molecule has 0 saturated heterocycles. The number of rotatable bonds is 6. The fraction of sp³-hybridized carbons (Fsp3) is 0.0182. The molecule has 12 rings (SSSR count). The number of fused-ring (bicyclic) bond motifs is 9. The third-order valence-electron chi connectivity index (χ3n) is 12.1. The second-order valence-electron chi connectivity index (χ2n) is 15.2. The average molecular weight is 742 g/mol. The number of anilines is 3. The SMILES string of the molecule is c1ccc(C2(c3ccccc3)c3ccccc3-c3c(N(c4cccc(-c5ccc6oc7ccccc7c6c5)c4)c4ccc5oc6ccccc6c5c4)cccc32)cc1. The molecule has 0 aliphatic heterocycles. The monoisotopic (exact) mass is 741 g/mol. The van der Waals surface area contributed by atoms with Crippen LogP contribution in [0.1, 0.15) is 22.3 Å². The summed E-state index contributed by atoms with van der Waals surface area (Å²) in [5.41, 5.74) is 16.0. The summed E-state index contributed by atoms with van der Waals surface area (Å²) in [5, 5.41) is 4.42. The smallest absolute Gasteiger partial charge is 0.135 e. The van der Waals surface area contributed by atoms with Gasteiger partial charge in [-0.15, -0.1) is 0 Å². The molecule has 2 aromatic heterocycles. The van der Waals surface area contributed by atoms with Crippen molar-refractivity contribution in [3.63, 3.8) is 0 Å². The standard InChI is InChI=1S/C55H35NO2/c1-3-16-38(17-4-1)55(39-18-5-2-6-19-39)47-24-10-7-23-44(47)54-48(55)25-14-26-49(54)56(41-30-32-53-46(35-41)43-22-9-12-28-51(43)58-53)40-20-13-15-36(33-40)37-29-31-52-45(34-37)42-21-8-11-27-50(42)57-52/h1-35H. The molecule has 0 fully saturated rings. The summed E-state index contributed by atoms with van der Waals surface area (Å²) in [6.07, 6.45) is 0. The summed E-state index contributed by atoms with van der Waals surface area (Å²) < 4.78 is 12.6. The number of hydrogen-bond donors (Lipinski definition) is 0. The van der Waals surface area contributed by atoms with Crippen molar-refractivity contribution in [2.45, 2.75) is 5.41 Å². The molecule has 0 N–H and O–H groups in total. The Bertz CT molecular complexity index is 3320. The minimum atomic E-state index is -0.522. The van der Waals surface area contributed by atoms with E-state index in [0.29, 0.717) is 0 Å². The van der Waals surface area contributed by atoms with Crippen LogP contribution < -0.4 is 4.90 Å². The van der Waals surface area contributed by atoms with E-state index in [2.05, 4.69) is 193 Å². The van der Waals surface area contributed by atoms with E-state index in [0.717, 1.165) is 72.1 Å². The summed E-state index contributed by atoms with van der Waals surface area (Å²) in [6, 6.07) is 76.5. The maximum Gasteiger partial charge on any atom is 0.135 e. The van der Waals surface area contributed by atoms with Gasteiger partial charge in [-0.1, -0.05) is 152 Å². The molecule has 1 aliphatic carbocycles. The summed E-state index contributed by atoms with van der Waals surface area (Å²) >= 11 is 0. The van der Waals surface area contributed by atoms with Crippen LogP contribution in [-0.2, 0) is 5.41 Å². The van der Waals surface area contributed by atoms with Gasteiger partial charge in [-0.25, -0.2) is 0 Å². The third kappa shape index (κ3) is 4.74. The first-order chi connectivity index (χ1) is 28.8. The van der Waals surface area contributed by atoms with Crippen LogP contribution in [-0.4, -0.2) is 0 Å². The number of furan rings is 2. The van der Waals surface area contributed by atoms with Crippen LogP contribution in [0.4, 0.5) is 17.1 Å². The summed E-state index contributed by atoms with van der Waals surface area (Å²) in [6.45, 7) is 0. The molecule has 2 heterocycles. The highest BCUT2D eigenvalue weighted by atomic mass is 16.3. The molecule has 0 spiro atoms. The van der Waals surface area contributed by atoms with Crippen LogP contribution in [0.25, 0.3) is 66.1 Å². The van der Waals surface area contributed by atoms with Crippen molar-refractivity contribution in [1.82, 2.24) is 0 Å². The van der Waals surface area contributed by atoms with Crippen molar-refractivity contribution < 1.29 is 8.83 Å². The zero-order valence-electron chi connectivity index (χ0n) is 31.5. The maximum atomic E-state index is 6.35. The fourth-order valence-corrected chi connectivity index (χ4v) is 9.67. The van der Waals surface area contributed by atoms with Crippen molar-refractivity contribution in [3.8, 4) is 22.3 Å². The molecule has 0 saturated carbocycles. The summed E-state index contributed by atoms with van der Waals surface area (Å²) in [5.74, 6) is 0. The van der Waals surface area contributed by atoms with Gasteiger partial charge in [0.25, 0.3) is 0 Å². The normalized spacial score (nSPS) is 13.0. The highest BCUT2D eigenvalue weighted by Crippen LogP contribution is 2.59. The van der Waals surface area contributed by atoms with E-state index in [4.69, 9.17) is 8.83 Å². The van der Waals surface area contributed by atoms with Gasteiger partial charge in [0.1, 0.15) is 22.3 Å². The fourth-order valence-electron chi connectivity index (χ4n) is 9.67. The van der Waals surface area contributed by atoms with E-state index in [9.17, 15) is 0 Å². The second-order valence-corrected chi connectivity index (χ2v) is 15.2. The second kappa shape index (κ2) is 12.7. The molecule has 9 aromatic carbocycles. The van der Waals surface area contributed by atoms with Gasteiger partial charge in [-0.3, -0.25) is 0 Å². The molecule has 0 bridgehead atoms. The molecule has 0 radical (unpaired) electrons. The Labute approximate surface area is 335 Å². The molecule has 11 aromatic rings. The maximum absolute atomic E-state index is 6.35. The minimum Gasteiger partial charge on any atom is -0.456 e. The molecule has 0 unspecified atom stereocenters. The predicted octanol–water partition coefficient (Wildman–Crippen LogP) is 15.0. The lowest BCUT2D eigenvalue weighted by Crippen LogP contribution is -2.28. The number of nitrogens with zero attached hydrogens (tertiary/aromatic N) is 1. The first-order valence-corrected chi connectivity index (χ1v) is 19.8. The van der Waals surface area contributed by atoms with Crippen molar-refractivity contribution in [3.05, 3.63) is 235 Å². The molecular formula is C55H35NO2. The van der Waals surface area contributed by atoms with Crippen molar-refractivity contribution in [2.24, 2.45) is 0 Å². The zero-order chi connectivity index (χ0) is 38.2.